The molecule has 16 heavy (non-hydrogen) atoms. The first kappa shape index (κ1) is 12.3. The lowest BCUT2D eigenvalue weighted by Crippen LogP contribution is -2.42. The highest BCUT2D eigenvalue weighted by Crippen LogP contribution is 2.18. The average molecular weight is 229 g/mol. The molecular weight excluding hydrogens is 206 g/mol. The molecule has 4 nitrogen and oxygen atoms in total. The summed E-state index contributed by atoms with van der Waals surface area (Å²) < 4.78 is 10.8. The smallest absolute Gasteiger partial charge is 0.161 e. The van der Waals surface area contributed by atoms with Gasteiger partial charge >= 0.3 is 0 Å². The van der Waals surface area contributed by atoms with Gasteiger partial charge in [-0.05, 0) is 19.3 Å². The van der Waals surface area contributed by atoms with Crippen molar-refractivity contribution in [1.82, 2.24) is 5.32 Å². The van der Waals surface area contributed by atoms with E-state index in [0.29, 0.717) is 12.5 Å². The van der Waals surface area contributed by atoms with Crippen molar-refractivity contribution in [3.05, 3.63) is 0 Å². The summed E-state index contributed by atoms with van der Waals surface area (Å²) in [6.07, 6.45) is 7.04. The van der Waals surface area contributed by atoms with Gasteiger partial charge in [0.25, 0.3) is 0 Å². The second-order valence-corrected chi connectivity index (χ2v) is 4.78. The third-order valence-electron chi connectivity index (χ3n) is 3.35. The zero-order valence-electron chi connectivity index (χ0n) is 9.86. The van der Waals surface area contributed by atoms with Crippen molar-refractivity contribution in [2.75, 3.05) is 13.2 Å². The van der Waals surface area contributed by atoms with Gasteiger partial charge in [-0.2, -0.15) is 0 Å². The molecule has 0 spiro atoms. The normalized spacial score (nSPS) is 26.8. The van der Waals surface area contributed by atoms with E-state index in [2.05, 4.69) is 5.32 Å². The Hall–Kier alpha value is -0.160. The van der Waals surface area contributed by atoms with Crippen LogP contribution in [0.3, 0.4) is 0 Å². The molecule has 2 aliphatic rings. The monoisotopic (exact) mass is 229 g/mol. The Morgan fingerprint density at radius 2 is 1.75 bits per heavy atom. The molecule has 0 aromatic heterocycles. The van der Waals surface area contributed by atoms with Crippen molar-refractivity contribution in [3.63, 3.8) is 0 Å². The fourth-order valence-corrected chi connectivity index (χ4v) is 2.46. The third kappa shape index (κ3) is 4.01. The molecule has 1 saturated carbocycles. The maximum Gasteiger partial charge on any atom is 0.161 e. The number of hydrogen-bond donors (Lipinski definition) is 2. The number of rotatable bonds is 4. The lowest BCUT2D eigenvalue weighted by Gasteiger charge is -2.29. The van der Waals surface area contributed by atoms with Crippen LogP contribution in [-0.2, 0) is 9.47 Å². The van der Waals surface area contributed by atoms with Crippen molar-refractivity contribution in [3.8, 4) is 0 Å². The van der Waals surface area contributed by atoms with Gasteiger partial charge in [-0.25, -0.2) is 0 Å². The topological polar surface area (TPSA) is 50.7 Å². The summed E-state index contributed by atoms with van der Waals surface area (Å²) in [6, 6.07) is 0.479. The zero-order chi connectivity index (χ0) is 11.2. The van der Waals surface area contributed by atoms with Crippen molar-refractivity contribution >= 4 is 0 Å². The van der Waals surface area contributed by atoms with Crippen LogP contribution < -0.4 is 5.32 Å². The van der Waals surface area contributed by atoms with Gasteiger partial charge in [-0.3, -0.25) is 5.32 Å². The van der Waals surface area contributed by atoms with Gasteiger partial charge in [-0.1, -0.05) is 19.3 Å². The van der Waals surface area contributed by atoms with Crippen molar-refractivity contribution < 1.29 is 14.6 Å². The van der Waals surface area contributed by atoms with Crippen LogP contribution >= 0.6 is 0 Å². The van der Waals surface area contributed by atoms with E-state index in [1.807, 2.05) is 0 Å². The molecule has 1 atom stereocenters. The molecule has 0 amide bonds. The molecule has 0 aromatic rings. The number of aliphatic hydroxyl groups excluding tert-OH is 1. The second-order valence-electron chi connectivity index (χ2n) is 4.78. The van der Waals surface area contributed by atoms with Crippen LogP contribution in [-0.4, -0.2) is 36.9 Å². The van der Waals surface area contributed by atoms with E-state index in [4.69, 9.17) is 9.47 Å². The molecule has 1 aliphatic heterocycles. The summed E-state index contributed by atoms with van der Waals surface area (Å²) in [4.78, 5) is 0. The van der Waals surface area contributed by atoms with Crippen LogP contribution in [0.4, 0.5) is 0 Å². The molecule has 1 aliphatic carbocycles. The fourth-order valence-electron chi connectivity index (χ4n) is 2.46. The molecule has 0 radical (unpaired) electrons. The number of hydrogen-bond acceptors (Lipinski definition) is 4. The Kier molecular flexibility index (Phi) is 5.03. The van der Waals surface area contributed by atoms with Gasteiger partial charge in [0.1, 0.15) is 6.23 Å². The maximum absolute atomic E-state index is 9.88. The molecule has 4 heteroatoms. The molecule has 0 unspecified atom stereocenters. The summed E-state index contributed by atoms with van der Waals surface area (Å²) >= 11 is 0. The van der Waals surface area contributed by atoms with Gasteiger partial charge in [-0.15, -0.1) is 0 Å². The molecule has 2 fully saturated rings. The molecule has 0 aromatic carbocycles. The minimum Gasteiger partial charge on any atom is -0.378 e. The highest BCUT2D eigenvalue weighted by atomic mass is 16.7. The van der Waals surface area contributed by atoms with Gasteiger partial charge in [0.15, 0.2) is 6.29 Å². The van der Waals surface area contributed by atoms with E-state index >= 15 is 0 Å². The molecule has 1 saturated heterocycles. The molecule has 1 heterocycles. The first-order valence-electron chi connectivity index (χ1n) is 6.52. The zero-order valence-corrected chi connectivity index (χ0v) is 9.86. The van der Waals surface area contributed by atoms with E-state index in [0.717, 1.165) is 19.6 Å². The summed E-state index contributed by atoms with van der Waals surface area (Å²) in [5.74, 6) is 0. The molecular formula is C12H23NO3. The number of aliphatic hydroxyl groups is 1. The molecule has 2 N–H and O–H groups in total. The summed E-state index contributed by atoms with van der Waals surface area (Å²) in [7, 11) is 0. The first-order valence-corrected chi connectivity index (χ1v) is 6.52. The fraction of sp³-hybridized carbons (Fsp3) is 1.00. The van der Waals surface area contributed by atoms with Crippen molar-refractivity contribution in [2.45, 2.75) is 63.5 Å². The Labute approximate surface area is 97.3 Å². The van der Waals surface area contributed by atoms with Crippen molar-refractivity contribution in [2.24, 2.45) is 0 Å². The van der Waals surface area contributed by atoms with Crippen LogP contribution in [0.1, 0.15) is 44.9 Å². The maximum atomic E-state index is 9.88. The van der Waals surface area contributed by atoms with Crippen LogP contribution in [0.2, 0.25) is 0 Å². The average Bonchev–Trinajstić information content (AvgIpc) is 2.31. The van der Waals surface area contributed by atoms with Gasteiger partial charge in [0.2, 0.25) is 0 Å². The van der Waals surface area contributed by atoms with E-state index in [1.54, 1.807) is 0 Å². The van der Waals surface area contributed by atoms with Gasteiger partial charge in [0.05, 0.1) is 13.2 Å². The molecule has 0 bridgehead atoms. The largest absolute Gasteiger partial charge is 0.378 e. The highest BCUT2D eigenvalue weighted by Gasteiger charge is 2.21. The van der Waals surface area contributed by atoms with Gasteiger partial charge < -0.3 is 14.6 Å². The second kappa shape index (κ2) is 6.55. The van der Waals surface area contributed by atoms with Crippen LogP contribution in [0.15, 0.2) is 0 Å². The summed E-state index contributed by atoms with van der Waals surface area (Å²) in [6.45, 7) is 1.50. The molecule has 94 valence electrons. The Morgan fingerprint density at radius 1 is 1.06 bits per heavy atom. The van der Waals surface area contributed by atoms with E-state index in [1.165, 1.54) is 32.1 Å². The van der Waals surface area contributed by atoms with Crippen molar-refractivity contribution in [1.29, 1.82) is 0 Å². The standard InChI is InChI=1S/C12H23NO3/c14-11(9-12-15-7-4-8-16-12)13-10-5-2-1-3-6-10/h10-14H,1-9H2/t11-/m0/s1. The third-order valence-corrected chi connectivity index (χ3v) is 3.35. The van der Waals surface area contributed by atoms with E-state index in [9.17, 15) is 5.11 Å². The lowest BCUT2D eigenvalue weighted by atomic mass is 9.95. The SMILES string of the molecule is O[C@@H](CC1OCCCO1)NC1CCCCC1. The van der Waals surface area contributed by atoms with E-state index in [-0.39, 0.29) is 6.29 Å². The lowest BCUT2D eigenvalue weighted by molar-refractivity contribution is -0.193. The predicted molar refractivity (Wildman–Crippen MR) is 60.9 cm³/mol. The number of nitrogens with one attached hydrogen (secondary N) is 1. The predicted octanol–water partition coefficient (Wildman–Crippen LogP) is 1.38. The summed E-state index contributed by atoms with van der Waals surface area (Å²) in [5, 5.41) is 13.1. The first-order chi connectivity index (χ1) is 7.84. The molecule has 2 rings (SSSR count). The number of ether oxygens (including phenoxy) is 2. The highest BCUT2D eigenvalue weighted by molar-refractivity contribution is 4.73. The van der Waals surface area contributed by atoms with Crippen LogP contribution in [0.5, 0.6) is 0 Å². The Bertz CT molecular complexity index is 169. The quantitative estimate of drug-likeness (QED) is 0.715. The van der Waals surface area contributed by atoms with Gasteiger partial charge in [0, 0.05) is 12.5 Å². The van der Waals surface area contributed by atoms with Crippen LogP contribution in [0.25, 0.3) is 0 Å². The van der Waals surface area contributed by atoms with Crippen LogP contribution in [0, 0.1) is 0 Å². The Morgan fingerprint density at radius 3 is 2.44 bits per heavy atom. The summed E-state index contributed by atoms with van der Waals surface area (Å²) in [5.41, 5.74) is 0. The minimum absolute atomic E-state index is 0.222. The van der Waals surface area contributed by atoms with E-state index < -0.39 is 6.23 Å². The Balaban J connectivity index is 1.64. The minimum atomic E-state index is -0.494.